The summed E-state index contributed by atoms with van der Waals surface area (Å²) >= 11 is 0. The number of carbonyl (C=O) groups excluding carboxylic acids is 4. The third-order valence-electron chi connectivity index (χ3n) is 10.6. The Morgan fingerprint density at radius 2 is 1.84 bits per heavy atom. The van der Waals surface area contributed by atoms with Crippen LogP contribution in [0.5, 0.6) is 5.75 Å². The standard InChI is InChI=1S/C38H42N8O5/c1-23(2)51-33-18-30-27(17-32(33)41-36(48)31-19-40-46-13-3-12-39-35(31)46)22-45(37(30)49)28-7-4-24(5-8-28)20-43-14-10-25-16-29(9-6-26(25)21-43)44-15-11-34(47)42-38(44)50/h3,6,9,12-13,16-19,23-24,28H,4-5,7-8,10-11,14-15,20-22H2,1-2H3,(H,41,48)(H,42,47,50)/t24-,28-. The lowest BCUT2D eigenvalue weighted by atomic mass is 9.84. The van der Waals surface area contributed by atoms with Gasteiger partial charge in [0.1, 0.15) is 11.3 Å². The fourth-order valence-electron chi connectivity index (χ4n) is 8.02. The zero-order valence-corrected chi connectivity index (χ0v) is 28.9. The summed E-state index contributed by atoms with van der Waals surface area (Å²) in [5, 5.41) is 9.65. The van der Waals surface area contributed by atoms with Crippen molar-refractivity contribution in [3.8, 4) is 5.75 Å². The molecule has 0 atom stereocenters. The lowest BCUT2D eigenvalue weighted by Gasteiger charge is -2.38. The van der Waals surface area contributed by atoms with E-state index in [1.807, 2.05) is 30.9 Å². The van der Waals surface area contributed by atoms with Crippen molar-refractivity contribution < 1.29 is 23.9 Å². The third-order valence-corrected chi connectivity index (χ3v) is 10.6. The zero-order chi connectivity index (χ0) is 35.2. The Bertz CT molecular complexity index is 2030. The van der Waals surface area contributed by atoms with Crippen molar-refractivity contribution in [3.05, 3.63) is 82.8 Å². The zero-order valence-electron chi connectivity index (χ0n) is 28.9. The number of anilines is 2. The van der Waals surface area contributed by atoms with Gasteiger partial charge in [-0.3, -0.25) is 29.5 Å². The van der Waals surface area contributed by atoms with Gasteiger partial charge in [-0.2, -0.15) is 5.10 Å². The minimum Gasteiger partial charge on any atom is -0.489 e. The van der Waals surface area contributed by atoms with Crippen LogP contribution in [0.2, 0.25) is 0 Å². The van der Waals surface area contributed by atoms with Crippen LogP contribution >= 0.6 is 0 Å². The van der Waals surface area contributed by atoms with E-state index in [9.17, 15) is 19.2 Å². The van der Waals surface area contributed by atoms with Crippen LogP contribution in [0.15, 0.2) is 55.0 Å². The maximum atomic E-state index is 13.8. The molecule has 1 aliphatic carbocycles. The normalized spacial score (nSPS) is 20.8. The van der Waals surface area contributed by atoms with Gasteiger partial charge >= 0.3 is 6.03 Å². The SMILES string of the molecule is CC(C)Oc1cc2c(cc1NC(=O)c1cnn3cccnc13)CN([C@H]1CC[C@H](CN3CCc4cc(N5CCC(=O)NC5=O)ccc4C3)CC1)C2=O. The van der Waals surface area contributed by atoms with Crippen LogP contribution < -0.4 is 20.3 Å². The maximum Gasteiger partial charge on any atom is 0.328 e. The minimum absolute atomic E-state index is 0.0207. The molecule has 51 heavy (non-hydrogen) atoms. The smallest absolute Gasteiger partial charge is 0.328 e. The number of nitrogens with zero attached hydrogens (tertiary/aromatic N) is 6. The summed E-state index contributed by atoms with van der Waals surface area (Å²) in [5.41, 5.74) is 6.25. The van der Waals surface area contributed by atoms with E-state index in [1.165, 1.54) is 17.3 Å². The molecule has 5 amide bonds. The summed E-state index contributed by atoms with van der Waals surface area (Å²) in [6.45, 7) is 7.63. The monoisotopic (exact) mass is 690 g/mol. The number of benzene rings is 2. The summed E-state index contributed by atoms with van der Waals surface area (Å²) in [4.78, 5) is 61.6. The summed E-state index contributed by atoms with van der Waals surface area (Å²) < 4.78 is 7.66. The predicted octanol–water partition coefficient (Wildman–Crippen LogP) is 4.79. The number of aromatic nitrogens is 3. The van der Waals surface area contributed by atoms with Crippen molar-refractivity contribution in [2.24, 2.45) is 5.92 Å². The average Bonchev–Trinajstić information content (AvgIpc) is 3.69. The van der Waals surface area contributed by atoms with Crippen molar-refractivity contribution >= 4 is 40.8 Å². The number of rotatable bonds is 8. The molecule has 2 aromatic carbocycles. The van der Waals surface area contributed by atoms with E-state index in [1.54, 1.807) is 33.9 Å². The number of fused-ring (bicyclic) bond motifs is 3. The summed E-state index contributed by atoms with van der Waals surface area (Å²) in [5.74, 6) is 0.487. The fourth-order valence-corrected chi connectivity index (χ4v) is 8.02. The Hall–Kier alpha value is -5.30. The Kier molecular flexibility index (Phi) is 8.66. The van der Waals surface area contributed by atoms with Gasteiger partial charge in [0.2, 0.25) is 5.91 Å². The molecule has 2 aromatic heterocycles. The molecule has 0 bridgehead atoms. The second kappa shape index (κ2) is 13.4. The lowest BCUT2D eigenvalue weighted by Crippen LogP contribution is -2.49. The van der Waals surface area contributed by atoms with Gasteiger partial charge in [0.05, 0.1) is 18.0 Å². The van der Waals surface area contributed by atoms with Gasteiger partial charge in [0.25, 0.3) is 11.8 Å². The number of ether oxygens (including phenoxy) is 1. The van der Waals surface area contributed by atoms with Gasteiger partial charge in [-0.15, -0.1) is 0 Å². The number of hydrogen-bond donors (Lipinski definition) is 2. The van der Waals surface area contributed by atoms with E-state index >= 15 is 0 Å². The molecule has 5 heterocycles. The first-order chi connectivity index (χ1) is 24.7. The van der Waals surface area contributed by atoms with Crippen molar-refractivity contribution in [2.45, 2.75) is 77.6 Å². The van der Waals surface area contributed by atoms with Gasteiger partial charge in [-0.05, 0) is 98.9 Å². The number of carbonyl (C=O) groups is 4. The molecule has 0 radical (unpaired) electrons. The van der Waals surface area contributed by atoms with Crippen LogP contribution in [0.25, 0.3) is 5.65 Å². The highest BCUT2D eigenvalue weighted by atomic mass is 16.5. The first kappa shape index (κ1) is 32.9. The third kappa shape index (κ3) is 6.53. The first-order valence-electron chi connectivity index (χ1n) is 17.9. The van der Waals surface area contributed by atoms with Gasteiger partial charge in [0.15, 0.2) is 5.65 Å². The second-order valence-corrected chi connectivity index (χ2v) is 14.4. The van der Waals surface area contributed by atoms with Crippen molar-refractivity contribution in [3.63, 3.8) is 0 Å². The second-order valence-electron chi connectivity index (χ2n) is 14.4. The van der Waals surface area contributed by atoms with Crippen molar-refractivity contribution in [2.75, 3.05) is 29.9 Å². The number of amides is 5. The van der Waals surface area contributed by atoms with Gasteiger partial charge in [-0.1, -0.05) is 6.07 Å². The summed E-state index contributed by atoms with van der Waals surface area (Å²) in [7, 11) is 0. The predicted molar refractivity (Wildman–Crippen MR) is 190 cm³/mol. The van der Waals surface area contributed by atoms with Gasteiger partial charge in [0, 0.05) is 68.8 Å². The Morgan fingerprint density at radius 3 is 2.65 bits per heavy atom. The van der Waals surface area contributed by atoms with E-state index in [2.05, 4.69) is 37.7 Å². The van der Waals surface area contributed by atoms with E-state index in [0.717, 1.165) is 63.0 Å². The van der Waals surface area contributed by atoms with Gasteiger partial charge < -0.3 is 15.0 Å². The molecule has 3 aliphatic heterocycles. The molecular weight excluding hydrogens is 648 g/mol. The van der Waals surface area contributed by atoms with Crippen LogP contribution in [0.3, 0.4) is 0 Å². The Morgan fingerprint density at radius 1 is 1.00 bits per heavy atom. The molecule has 1 saturated carbocycles. The van der Waals surface area contributed by atoms with E-state index in [4.69, 9.17) is 4.74 Å². The van der Waals surface area contributed by atoms with Crippen LogP contribution in [0.4, 0.5) is 16.2 Å². The fraction of sp³-hybridized carbons (Fsp3) is 0.421. The quantitative estimate of drug-likeness (QED) is 0.269. The molecule has 2 N–H and O–H groups in total. The molecule has 13 heteroatoms. The van der Waals surface area contributed by atoms with Crippen molar-refractivity contribution in [1.29, 1.82) is 0 Å². The highest BCUT2D eigenvalue weighted by molar-refractivity contribution is 6.09. The van der Waals surface area contributed by atoms with E-state index in [-0.39, 0.29) is 35.9 Å². The molecule has 0 spiro atoms. The molecule has 0 unspecified atom stereocenters. The molecule has 8 rings (SSSR count). The number of nitrogens with one attached hydrogen (secondary N) is 2. The highest BCUT2D eigenvalue weighted by Crippen LogP contribution is 2.39. The number of hydrogen-bond acceptors (Lipinski definition) is 8. The minimum atomic E-state index is -0.351. The summed E-state index contributed by atoms with van der Waals surface area (Å²) in [6.07, 6.45) is 9.99. The molecule has 4 aliphatic rings. The molecule has 13 nitrogen and oxygen atoms in total. The molecule has 264 valence electrons. The largest absolute Gasteiger partial charge is 0.489 e. The average molecular weight is 691 g/mol. The first-order valence-corrected chi connectivity index (χ1v) is 17.9. The van der Waals surface area contributed by atoms with Crippen molar-refractivity contribution in [1.82, 2.24) is 29.7 Å². The Labute approximate surface area is 295 Å². The number of imide groups is 1. The molecular formula is C38H42N8O5. The lowest BCUT2D eigenvalue weighted by molar-refractivity contribution is -0.120. The number of urea groups is 1. The maximum absolute atomic E-state index is 13.8. The molecule has 4 aromatic rings. The molecule has 1 saturated heterocycles. The highest BCUT2D eigenvalue weighted by Gasteiger charge is 2.37. The van der Waals surface area contributed by atoms with E-state index < -0.39 is 0 Å². The molecule has 2 fully saturated rings. The summed E-state index contributed by atoms with van der Waals surface area (Å²) in [6, 6.07) is 11.5. The topological polar surface area (TPSA) is 141 Å². The van der Waals surface area contributed by atoms with E-state index in [0.29, 0.717) is 53.6 Å². The van der Waals surface area contributed by atoms with Crippen LogP contribution in [0, 0.1) is 5.92 Å². The van der Waals surface area contributed by atoms with Gasteiger partial charge in [-0.25, -0.2) is 14.3 Å². The van der Waals surface area contributed by atoms with Crippen LogP contribution in [-0.2, 0) is 24.3 Å². The Balaban J connectivity index is 0.887. The van der Waals surface area contributed by atoms with Crippen LogP contribution in [-0.4, -0.2) is 79.9 Å². The van der Waals surface area contributed by atoms with Crippen LogP contribution in [0.1, 0.15) is 83.4 Å².